The zero-order chi connectivity index (χ0) is 14.2. The van der Waals surface area contributed by atoms with Gasteiger partial charge in [-0.1, -0.05) is 0 Å². The zero-order valence-corrected chi connectivity index (χ0v) is 11.5. The number of rotatable bonds is 2. The average Bonchev–Trinajstić information content (AvgIpc) is 2.82. The van der Waals surface area contributed by atoms with Crippen LogP contribution in [0.25, 0.3) is 0 Å². The third-order valence-corrected chi connectivity index (χ3v) is 3.30. The predicted octanol–water partition coefficient (Wildman–Crippen LogP) is 2.24. The quantitative estimate of drug-likeness (QED) is 0.911. The summed E-state index contributed by atoms with van der Waals surface area (Å²) in [7, 11) is 0. The summed E-state index contributed by atoms with van der Waals surface area (Å²) >= 11 is 0. The van der Waals surface area contributed by atoms with Crippen molar-refractivity contribution in [3.63, 3.8) is 0 Å². The molecule has 0 bridgehead atoms. The van der Waals surface area contributed by atoms with Gasteiger partial charge in [0.2, 0.25) is 0 Å². The molecule has 1 N–H and O–H groups in total. The second-order valence-electron chi connectivity index (χ2n) is 4.66. The number of carboxylic acid groups (broad SMARTS) is 1. The number of hydrogen-bond donors (Lipinski definition) is 1. The largest absolute Gasteiger partial charge is 0.481 e. The molecule has 1 aromatic rings. The Bertz CT molecular complexity index is 551. The minimum atomic E-state index is -0.981. The van der Waals surface area contributed by atoms with E-state index in [0.717, 1.165) is 12.1 Å². The van der Waals surface area contributed by atoms with Gasteiger partial charge in [0, 0.05) is 13.1 Å². The maximum Gasteiger partial charge on any atom is 0.308 e. The van der Waals surface area contributed by atoms with Crippen LogP contribution in [0, 0.1) is 24.5 Å². The number of nitrogens with zero attached hydrogens (tertiary/aromatic N) is 1. The lowest BCUT2D eigenvalue weighted by atomic mass is 10.1. The van der Waals surface area contributed by atoms with Crippen LogP contribution in [0.2, 0.25) is 0 Å². The van der Waals surface area contributed by atoms with Crippen LogP contribution in [0.1, 0.15) is 22.3 Å². The highest BCUT2D eigenvalue weighted by Gasteiger charge is 2.32. The van der Waals surface area contributed by atoms with Gasteiger partial charge in [-0.25, -0.2) is 8.78 Å². The summed E-state index contributed by atoms with van der Waals surface area (Å²) in [6.07, 6.45) is 0.330. The highest BCUT2D eigenvalue weighted by Crippen LogP contribution is 2.21. The maximum atomic E-state index is 13.7. The van der Waals surface area contributed by atoms with E-state index in [1.165, 1.54) is 11.8 Å². The van der Waals surface area contributed by atoms with Crippen LogP contribution in [0.15, 0.2) is 12.1 Å². The minimum Gasteiger partial charge on any atom is -0.481 e. The Morgan fingerprint density at radius 2 is 1.95 bits per heavy atom. The SMILES string of the molecule is Cc1cc(F)c(C(=O)N2CCC(C(=O)O)C2)cc1F.Cl. The van der Waals surface area contributed by atoms with Crippen molar-refractivity contribution in [2.45, 2.75) is 13.3 Å². The number of hydrogen-bond acceptors (Lipinski definition) is 2. The molecule has 0 aromatic heterocycles. The van der Waals surface area contributed by atoms with Crippen LogP contribution in [0.5, 0.6) is 0 Å². The molecule has 1 aliphatic heterocycles. The van der Waals surface area contributed by atoms with Crippen molar-refractivity contribution in [2.75, 3.05) is 13.1 Å². The number of carbonyl (C=O) groups excluding carboxylic acids is 1. The monoisotopic (exact) mass is 305 g/mol. The van der Waals surface area contributed by atoms with Crippen molar-refractivity contribution < 1.29 is 23.5 Å². The Kier molecular flexibility index (Phi) is 5.05. The second kappa shape index (κ2) is 6.17. The first-order valence-electron chi connectivity index (χ1n) is 5.88. The Balaban J connectivity index is 0.00000200. The van der Waals surface area contributed by atoms with Gasteiger partial charge in [-0.05, 0) is 31.0 Å². The van der Waals surface area contributed by atoms with Crippen LogP contribution < -0.4 is 0 Å². The van der Waals surface area contributed by atoms with E-state index in [-0.39, 0.29) is 36.6 Å². The first kappa shape index (κ1) is 16.4. The van der Waals surface area contributed by atoms with Crippen molar-refractivity contribution in [1.29, 1.82) is 0 Å². The molecule has 7 heteroatoms. The number of halogens is 3. The number of carboxylic acids is 1. The van der Waals surface area contributed by atoms with Gasteiger partial charge in [-0.15, -0.1) is 12.4 Å². The van der Waals surface area contributed by atoms with Gasteiger partial charge in [0.25, 0.3) is 5.91 Å². The smallest absolute Gasteiger partial charge is 0.308 e. The van der Waals surface area contributed by atoms with Crippen molar-refractivity contribution in [3.05, 3.63) is 34.9 Å². The van der Waals surface area contributed by atoms with Crippen LogP contribution in [-0.2, 0) is 4.79 Å². The Morgan fingerprint density at radius 1 is 1.30 bits per heavy atom. The summed E-state index contributed by atoms with van der Waals surface area (Å²) < 4.78 is 27.0. The summed E-state index contributed by atoms with van der Waals surface area (Å²) in [5.74, 6) is -3.73. The van der Waals surface area contributed by atoms with Crippen molar-refractivity contribution in [1.82, 2.24) is 4.90 Å². The van der Waals surface area contributed by atoms with E-state index in [1.807, 2.05) is 0 Å². The van der Waals surface area contributed by atoms with Gasteiger partial charge in [-0.2, -0.15) is 0 Å². The first-order valence-corrected chi connectivity index (χ1v) is 5.88. The predicted molar refractivity (Wildman–Crippen MR) is 70.0 cm³/mol. The molecule has 0 saturated carbocycles. The molecule has 2 rings (SSSR count). The standard InChI is InChI=1S/C13H13F2NO3.ClH/c1-7-4-11(15)9(5-10(7)14)12(17)16-3-2-8(6-16)13(18)19;/h4-5,8H,2-3,6H2,1H3,(H,18,19);1H. The summed E-state index contributed by atoms with van der Waals surface area (Å²) in [6, 6.07) is 1.83. The zero-order valence-electron chi connectivity index (χ0n) is 10.7. The number of carbonyl (C=O) groups is 2. The molecule has 1 heterocycles. The first-order chi connectivity index (χ1) is 8.90. The van der Waals surface area contributed by atoms with E-state index in [4.69, 9.17) is 5.11 Å². The van der Waals surface area contributed by atoms with Crippen LogP contribution in [0.4, 0.5) is 8.78 Å². The van der Waals surface area contributed by atoms with Crippen molar-refractivity contribution >= 4 is 24.3 Å². The molecule has 0 spiro atoms. The highest BCUT2D eigenvalue weighted by atomic mass is 35.5. The van der Waals surface area contributed by atoms with Gasteiger partial charge in [-0.3, -0.25) is 9.59 Å². The van der Waals surface area contributed by atoms with E-state index in [0.29, 0.717) is 6.42 Å². The Hall–Kier alpha value is -1.69. The highest BCUT2D eigenvalue weighted by molar-refractivity contribution is 5.95. The number of benzene rings is 1. The molecular formula is C13H14ClF2NO3. The molecule has 1 saturated heterocycles. The summed E-state index contributed by atoms with van der Waals surface area (Å²) in [6.45, 7) is 1.68. The van der Waals surface area contributed by atoms with E-state index in [2.05, 4.69) is 0 Å². The number of likely N-dealkylation sites (tertiary alicyclic amines) is 1. The van der Waals surface area contributed by atoms with Crippen LogP contribution in [-0.4, -0.2) is 35.0 Å². The van der Waals surface area contributed by atoms with Gasteiger partial charge < -0.3 is 10.0 Å². The summed E-state index contributed by atoms with van der Waals surface area (Å²) in [4.78, 5) is 24.1. The fourth-order valence-electron chi connectivity index (χ4n) is 2.13. The molecule has 1 fully saturated rings. The molecule has 1 unspecified atom stereocenters. The molecule has 1 aliphatic rings. The van der Waals surface area contributed by atoms with E-state index < -0.39 is 29.4 Å². The molecule has 0 aliphatic carbocycles. The van der Waals surface area contributed by atoms with Crippen LogP contribution in [0.3, 0.4) is 0 Å². The fraction of sp³-hybridized carbons (Fsp3) is 0.385. The van der Waals surface area contributed by atoms with Gasteiger partial charge in [0.05, 0.1) is 11.5 Å². The summed E-state index contributed by atoms with van der Waals surface area (Å²) in [5, 5.41) is 8.85. The topological polar surface area (TPSA) is 57.6 Å². The van der Waals surface area contributed by atoms with E-state index in [1.54, 1.807) is 0 Å². The van der Waals surface area contributed by atoms with Crippen LogP contribution >= 0.6 is 12.4 Å². The normalized spacial score (nSPS) is 17.8. The fourth-order valence-corrected chi connectivity index (χ4v) is 2.13. The van der Waals surface area contributed by atoms with Crippen molar-refractivity contribution in [3.8, 4) is 0 Å². The Morgan fingerprint density at radius 3 is 2.50 bits per heavy atom. The molecule has 1 aromatic carbocycles. The second-order valence-corrected chi connectivity index (χ2v) is 4.66. The lowest BCUT2D eigenvalue weighted by molar-refractivity contribution is -0.141. The van der Waals surface area contributed by atoms with Gasteiger partial charge in [0.1, 0.15) is 11.6 Å². The minimum absolute atomic E-state index is 0. The maximum absolute atomic E-state index is 13.7. The Labute approximate surface area is 120 Å². The molecule has 0 radical (unpaired) electrons. The molecule has 20 heavy (non-hydrogen) atoms. The molecular weight excluding hydrogens is 292 g/mol. The molecule has 4 nitrogen and oxygen atoms in total. The third-order valence-electron chi connectivity index (χ3n) is 3.30. The molecule has 1 atom stereocenters. The number of amides is 1. The van der Waals surface area contributed by atoms with Gasteiger partial charge in [0.15, 0.2) is 0 Å². The molecule has 110 valence electrons. The lowest BCUT2D eigenvalue weighted by Crippen LogP contribution is -2.30. The third kappa shape index (κ3) is 3.07. The number of aliphatic carboxylic acids is 1. The summed E-state index contributed by atoms with van der Waals surface area (Å²) in [5.41, 5.74) is -0.229. The van der Waals surface area contributed by atoms with Gasteiger partial charge >= 0.3 is 5.97 Å². The molecule has 1 amide bonds. The van der Waals surface area contributed by atoms with Crippen molar-refractivity contribution in [2.24, 2.45) is 5.92 Å². The number of aryl methyl sites for hydroxylation is 1. The van der Waals surface area contributed by atoms with E-state index >= 15 is 0 Å². The lowest BCUT2D eigenvalue weighted by Gasteiger charge is -2.16. The van der Waals surface area contributed by atoms with E-state index in [9.17, 15) is 18.4 Å². The average molecular weight is 306 g/mol.